The minimum atomic E-state index is -0.553. The van der Waals surface area contributed by atoms with Crippen LogP contribution in [0.2, 0.25) is 0 Å². The molecule has 0 aromatic heterocycles. The number of carbonyl (C=O) groups is 1. The zero-order valence-corrected chi connectivity index (χ0v) is 6.05. The van der Waals surface area contributed by atoms with Crippen molar-refractivity contribution in [1.29, 1.82) is 0 Å². The highest BCUT2D eigenvalue weighted by atomic mass is 16.7. The van der Waals surface area contributed by atoms with Crippen LogP contribution in [0.5, 0.6) is 0 Å². The lowest BCUT2D eigenvalue weighted by Gasteiger charge is -2.29. The van der Waals surface area contributed by atoms with Gasteiger partial charge in [0.25, 0.3) is 0 Å². The molecule has 0 radical (unpaired) electrons. The zero-order valence-electron chi connectivity index (χ0n) is 6.05. The summed E-state index contributed by atoms with van der Waals surface area (Å²) in [6, 6.07) is 0. The predicted molar refractivity (Wildman–Crippen MR) is 35.7 cm³/mol. The number of hydrogen-bond donors (Lipinski definition) is 2. The van der Waals surface area contributed by atoms with Gasteiger partial charge >= 0.3 is 6.16 Å². The second kappa shape index (κ2) is 2.35. The second-order valence-electron chi connectivity index (χ2n) is 3.03. The number of carbonyl (C=O) groups excluding carboxylic acids is 1. The maximum absolute atomic E-state index is 10.5. The third-order valence-corrected chi connectivity index (χ3v) is 2.04. The summed E-state index contributed by atoms with van der Waals surface area (Å²) in [5.41, 5.74) is 5.92. The summed E-state index contributed by atoms with van der Waals surface area (Å²) >= 11 is 0. The second-order valence-corrected chi connectivity index (χ2v) is 3.03. The molecule has 0 saturated carbocycles. The van der Waals surface area contributed by atoms with E-state index < -0.39 is 6.16 Å². The van der Waals surface area contributed by atoms with E-state index in [2.05, 4.69) is 10.9 Å². The molecular formula is C6H10N2O3. The zero-order chi connectivity index (χ0) is 7.73. The van der Waals surface area contributed by atoms with Crippen molar-refractivity contribution in [1.82, 2.24) is 10.9 Å². The molecule has 2 heterocycles. The Morgan fingerprint density at radius 2 is 1.73 bits per heavy atom. The molecule has 0 aliphatic carbocycles. The Hall–Kier alpha value is -0.810. The van der Waals surface area contributed by atoms with E-state index in [1.165, 1.54) is 0 Å². The molecule has 11 heavy (non-hydrogen) atoms. The summed E-state index contributed by atoms with van der Waals surface area (Å²) in [4.78, 5) is 10.5. The van der Waals surface area contributed by atoms with Gasteiger partial charge in [-0.25, -0.2) is 4.79 Å². The maximum atomic E-state index is 10.5. The van der Waals surface area contributed by atoms with Gasteiger partial charge in [0, 0.05) is 13.1 Å². The van der Waals surface area contributed by atoms with E-state index in [4.69, 9.17) is 9.47 Å². The monoisotopic (exact) mass is 158 g/mol. The summed E-state index contributed by atoms with van der Waals surface area (Å²) < 4.78 is 9.55. The van der Waals surface area contributed by atoms with Crippen LogP contribution in [0.3, 0.4) is 0 Å². The van der Waals surface area contributed by atoms with Crippen molar-refractivity contribution in [3.63, 3.8) is 0 Å². The molecule has 2 rings (SSSR count). The Balaban J connectivity index is 1.99. The first kappa shape index (κ1) is 6.87. The van der Waals surface area contributed by atoms with Gasteiger partial charge in [0.05, 0.1) is 5.41 Å². The molecular weight excluding hydrogens is 148 g/mol. The molecule has 62 valence electrons. The van der Waals surface area contributed by atoms with Crippen molar-refractivity contribution in [2.24, 2.45) is 5.41 Å². The van der Waals surface area contributed by atoms with Crippen LogP contribution in [0.4, 0.5) is 4.79 Å². The molecule has 2 aliphatic heterocycles. The average molecular weight is 158 g/mol. The lowest BCUT2D eigenvalue weighted by molar-refractivity contribution is -0.0467. The maximum Gasteiger partial charge on any atom is 0.508 e. The minimum absolute atomic E-state index is 0.0338. The van der Waals surface area contributed by atoms with Gasteiger partial charge in [-0.2, -0.15) is 0 Å². The lowest BCUT2D eigenvalue weighted by atomic mass is 9.91. The van der Waals surface area contributed by atoms with Crippen molar-refractivity contribution < 1.29 is 14.3 Å². The molecule has 2 N–H and O–H groups in total. The molecule has 0 aromatic carbocycles. The van der Waals surface area contributed by atoms with Gasteiger partial charge in [-0.15, -0.1) is 0 Å². The number of rotatable bonds is 0. The number of nitrogens with one attached hydrogen (secondary N) is 2. The molecule has 0 amide bonds. The number of cyclic esters (lactones) is 2. The highest BCUT2D eigenvalue weighted by molar-refractivity contribution is 5.60. The Morgan fingerprint density at radius 3 is 2.27 bits per heavy atom. The van der Waals surface area contributed by atoms with E-state index >= 15 is 0 Å². The summed E-state index contributed by atoms with van der Waals surface area (Å²) in [7, 11) is 0. The molecule has 1 spiro atoms. The predicted octanol–water partition coefficient (Wildman–Crippen LogP) is -0.753. The quantitative estimate of drug-likeness (QED) is 0.454. The van der Waals surface area contributed by atoms with Gasteiger partial charge in [-0.1, -0.05) is 0 Å². The van der Waals surface area contributed by atoms with E-state index in [-0.39, 0.29) is 5.41 Å². The van der Waals surface area contributed by atoms with Gasteiger partial charge < -0.3 is 9.47 Å². The van der Waals surface area contributed by atoms with E-state index in [1.807, 2.05) is 0 Å². The van der Waals surface area contributed by atoms with Crippen molar-refractivity contribution in [2.75, 3.05) is 26.3 Å². The van der Waals surface area contributed by atoms with Gasteiger partial charge in [-0.3, -0.25) is 10.9 Å². The lowest BCUT2D eigenvalue weighted by Crippen LogP contribution is -2.43. The number of hydrogen-bond acceptors (Lipinski definition) is 5. The Kier molecular flexibility index (Phi) is 1.47. The van der Waals surface area contributed by atoms with Gasteiger partial charge in [-0.05, 0) is 0 Å². The summed E-state index contributed by atoms with van der Waals surface area (Å²) in [6.45, 7) is 2.48. The summed E-state index contributed by atoms with van der Waals surface area (Å²) in [5.74, 6) is 0. The summed E-state index contributed by atoms with van der Waals surface area (Å²) in [5, 5.41) is 0. The molecule has 0 unspecified atom stereocenters. The van der Waals surface area contributed by atoms with Crippen LogP contribution in [-0.4, -0.2) is 32.5 Å². The number of hydrazine groups is 1. The molecule has 0 bridgehead atoms. The van der Waals surface area contributed by atoms with E-state index in [1.54, 1.807) is 0 Å². The van der Waals surface area contributed by atoms with Crippen LogP contribution in [0.1, 0.15) is 0 Å². The fourth-order valence-electron chi connectivity index (χ4n) is 1.27. The van der Waals surface area contributed by atoms with Crippen molar-refractivity contribution in [2.45, 2.75) is 0 Å². The smallest absolute Gasteiger partial charge is 0.433 e. The highest BCUT2D eigenvalue weighted by Crippen LogP contribution is 2.23. The average Bonchev–Trinajstić information content (AvgIpc) is 2.45. The Morgan fingerprint density at radius 1 is 1.18 bits per heavy atom. The van der Waals surface area contributed by atoms with E-state index in [0.717, 1.165) is 13.1 Å². The first-order chi connectivity index (χ1) is 5.31. The Bertz CT molecular complexity index is 165. The van der Waals surface area contributed by atoms with Crippen LogP contribution in [0.15, 0.2) is 0 Å². The van der Waals surface area contributed by atoms with Gasteiger partial charge in [0.2, 0.25) is 0 Å². The fourth-order valence-corrected chi connectivity index (χ4v) is 1.27. The molecule has 0 atom stereocenters. The van der Waals surface area contributed by atoms with Gasteiger partial charge in [0.15, 0.2) is 0 Å². The van der Waals surface area contributed by atoms with Crippen LogP contribution in [0.25, 0.3) is 0 Å². The normalized spacial score (nSPS) is 28.2. The van der Waals surface area contributed by atoms with Crippen LogP contribution in [-0.2, 0) is 9.47 Å². The molecule has 2 aliphatic rings. The van der Waals surface area contributed by atoms with Crippen molar-refractivity contribution in [3.8, 4) is 0 Å². The SMILES string of the molecule is O=C1OCC2(CNNC2)CO1. The highest BCUT2D eigenvalue weighted by Gasteiger charge is 2.40. The molecule has 2 fully saturated rings. The van der Waals surface area contributed by atoms with E-state index in [0.29, 0.717) is 13.2 Å². The molecule has 5 heteroatoms. The first-order valence-corrected chi connectivity index (χ1v) is 3.56. The van der Waals surface area contributed by atoms with Crippen LogP contribution >= 0.6 is 0 Å². The molecule has 5 nitrogen and oxygen atoms in total. The molecule has 2 saturated heterocycles. The largest absolute Gasteiger partial charge is 0.508 e. The van der Waals surface area contributed by atoms with Crippen molar-refractivity contribution >= 4 is 6.16 Å². The molecule has 0 aromatic rings. The third kappa shape index (κ3) is 1.17. The third-order valence-electron chi connectivity index (χ3n) is 2.04. The van der Waals surface area contributed by atoms with Crippen molar-refractivity contribution in [3.05, 3.63) is 0 Å². The Labute approximate surface area is 64.0 Å². The number of ether oxygens (including phenoxy) is 2. The fraction of sp³-hybridized carbons (Fsp3) is 0.833. The minimum Gasteiger partial charge on any atom is -0.433 e. The van der Waals surface area contributed by atoms with Crippen LogP contribution < -0.4 is 10.9 Å². The van der Waals surface area contributed by atoms with E-state index in [9.17, 15) is 4.79 Å². The first-order valence-electron chi connectivity index (χ1n) is 3.56. The summed E-state index contributed by atoms with van der Waals surface area (Å²) in [6.07, 6.45) is -0.553. The standard InChI is InChI=1S/C6H10N2O3/c9-5-10-3-6(4-11-5)1-7-8-2-6/h7-8H,1-4H2. The van der Waals surface area contributed by atoms with Crippen LogP contribution in [0, 0.1) is 5.41 Å². The topological polar surface area (TPSA) is 59.6 Å². The van der Waals surface area contributed by atoms with Gasteiger partial charge in [0.1, 0.15) is 13.2 Å².